The third kappa shape index (κ3) is 2.91. The number of imidazole rings is 1. The highest BCUT2D eigenvalue weighted by Gasteiger charge is 2.33. The molecular weight excluding hydrogens is 318 g/mol. The maximum absolute atomic E-state index is 12.4. The zero-order valence-corrected chi connectivity index (χ0v) is 14.0. The number of H-pyrrole nitrogens is 1. The van der Waals surface area contributed by atoms with Gasteiger partial charge in [-0.15, -0.1) is 0 Å². The maximum atomic E-state index is 12.4. The monoisotopic (exact) mass is 338 g/mol. The standard InChI is InChI=1S/C19H20N4O2/c1-2-9-25-15-6-3-13(4-7-15)18-11-20-19(24)23(18)14-5-8-16-17(10-14)22-12-21-16/h3-8,10,12,18H,2,9,11H2,1H3,(H,20,24)(H,21,22)/i12+2. The van der Waals surface area contributed by atoms with Gasteiger partial charge in [0.05, 0.1) is 30.0 Å². The maximum Gasteiger partial charge on any atom is 0.322 e. The summed E-state index contributed by atoms with van der Waals surface area (Å²) in [7, 11) is 0. The first kappa shape index (κ1) is 15.5. The number of nitrogens with one attached hydrogen (secondary N) is 2. The number of aromatic amines is 1. The lowest BCUT2D eigenvalue weighted by molar-refractivity contribution is 0.251. The summed E-state index contributed by atoms with van der Waals surface area (Å²) in [6.45, 7) is 3.37. The van der Waals surface area contributed by atoms with Crippen LogP contribution in [0.25, 0.3) is 11.0 Å². The molecule has 1 saturated heterocycles. The van der Waals surface area contributed by atoms with Gasteiger partial charge in [0, 0.05) is 12.2 Å². The van der Waals surface area contributed by atoms with Crippen molar-refractivity contribution < 1.29 is 9.53 Å². The fourth-order valence-electron chi connectivity index (χ4n) is 3.15. The fourth-order valence-corrected chi connectivity index (χ4v) is 3.15. The quantitative estimate of drug-likeness (QED) is 0.746. The van der Waals surface area contributed by atoms with Gasteiger partial charge < -0.3 is 15.0 Å². The van der Waals surface area contributed by atoms with Crippen LogP contribution in [0, 0.1) is 0 Å². The van der Waals surface area contributed by atoms with Crippen LogP contribution in [-0.4, -0.2) is 29.2 Å². The molecule has 2 amide bonds. The average Bonchev–Trinajstić information content (AvgIpc) is 3.26. The van der Waals surface area contributed by atoms with E-state index in [0.717, 1.165) is 34.5 Å². The molecule has 0 aliphatic carbocycles. The summed E-state index contributed by atoms with van der Waals surface area (Å²) in [4.78, 5) is 21.5. The molecule has 0 bridgehead atoms. The van der Waals surface area contributed by atoms with Gasteiger partial charge in [0.15, 0.2) is 0 Å². The number of hydrogen-bond acceptors (Lipinski definition) is 3. The predicted molar refractivity (Wildman–Crippen MR) is 96.9 cm³/mol. The van der Waals surface area contributed by atoms with E-state index >= 15 is 0 Å². The van der Waals surface area contributed by atoms with Crippen LogP contribution < -0.4 is 15.0 Å². The summed E-state index contributed by atoms with van der Waals surface area (Å²) in [5, 5.41) is 2.94. The Labute approximate surface area is 145 Å². The average molecular weight is 338 g/mol. The normalized spacial score (nSPS) is 17.1. The van der Waals surface area contributed by atoms with Gasteiger partial charge >= 0.3 is 6.03 Å². The molecule has 0 spiro atoms. The van der Waals surface area contributed by atoms with Crippen molar-refractivity contribution in [1.29, 1.82) is 0 Å². The van der Waals surface area contributed by atoms with Gasteiger partial charge in [-0.3, -0.25) is 4.90 Å². The molecule has 1 aromatic heterocycles. The number of hydrogen-bond donors (Lipinski definition) is 2. The number of anilines is 1. The van der Waals surface area contributed by atoms with E-state index in [9.17, 15) is 4.79 Å². The Morgan fingerprint density at radius 2 is 2.12 bits per heavy atom. The number of rotatable bonds is 5. The second-order valence-corrected chi connectivity index (χ2v) is 6.09. The van der Waals surface area contributed by atoms with Crippen LogP contribution in [0.1, 0.15) is 24.9 Å². The smallest absolute Gasteiger partial charge is 0.322 e. The lowest BCUT2D eigenvalue weighted by Gasteiger charge is -2.23. The summed E-state index contributed by atoms with van der Waals surface area (Å²) in [5.41, 5.74) is 3.73. The van der Waals surface area contributed by atoms with Gasteiger partial charge in [0.2, 0.25) is 0 Å². The second-order valence-electron chi connectivity index (χ2n) is 6.09. The van der Waals surface area contributed by atoms with Crippen molar-refractivity contribution in [2.75, 3.05) is 18.1 Å². The molecule has 1 atom stereocenters. The van der Waals surface area contributed by atoms with Gasteiger partial charge in [-0.1, -0.05) is 19.1 Å². The first-order valence-electron chi connectivity index (χ1n) is 8.49. The highest BCUT2D eigenvalue weighted by molar-refractivity contribution is 5.97. The highest BCUT2D eigenvalue weighted by Crippen LogP contribution is 2.32. The molecule has 4 rings (SSSR count). The van der Waals surface area contributed by atoms with Crippen LogP contribution in [0.15, 0.2) is 48.8 Å². The lowest BCUT2D eigenvalue weighted by Crippen LogP contribution is -2.29. The molecule has 2 N–H and O–H groups in total. The minimum Gasteiger partial charge on any atom is -0.494 e. The zero-order valence-electron chi connectivity index (χ0n) is 14.0. The summed E-state index contributed by atoms with van der Waals surface area (Å²) in [6, 6.07) is 13.6. The van der Waals surface area contributed by atoms with Gasteiger partial charge in [-0.05, 0) is 42.3 Å². The Kier molecular flexibility index (Phi) is 4.01. The van der Waals surface area contributed by atoms with Crippen molar-refractivity contribution >= 4 is 22.8 Å². The first-order valence-corrected chi connectivity index (χ1v) is 8.49. The number of ether oxygens (including phenoxy) is 1. The number of amides is 2. The van der Waals surface area contributed by atoms with E-state index in [4.69, 9.17) is 4.74 Å². The number of nitrogens with zero attached hydrogens (tertiary/aromatic N) is 2. The highest BCUT2D eigenvalue weighted by atomic mass is 16.5. The number of urea groups is 1. The zero-order chi connectivity index (χ0) is 17.2. The minimum absolute atomic E-state index is 0.0481. The minimum atomic E-state index is -0.0878. The van der Waals surface area contributed by atoms with E-state index < -0.39 is 0 Å². The first-order chi connectivity index (χ1) is 12.3. The summed E-state index contributed by atoms with van der Waals surface area (Å²) < 4.78 is 5.64. The Morgan fingerprint density at radius 3 is 2.92 bits per heavy atom. The molecule has 2 heterocycles. The molecule has 0 radical (unpaired) electrons. The van der Waals surface area contributed by atoms with E-state index in [1.165, 1.54) is 0 Å². The Bertz CT molecular complexity index is 888. The number of fused-ring (bicyclic) bond motifs is 1. The molecule has 1 aliphatic rings. The van der Waals surface area contributed by atoms with Crippen LogP contribution in [0.2, 0.25) is 0 Å². The van der Waals surface area contributed by atoms with Crippen LogP contribution in [0.4, 0.5) is 10.5 Å². The van der Waals surface area contributed by atoms with Crippen LogP contribution in [-0.2, 0) is 0 Å². The summed E-state index contributed by atoms with van der Waals surface area (Å²) >= 11 is 0. The van der Waals surface area contributed by atoms with Crippen molar-refractivity contribution in [2.24, 2.45) is 0 Å². The summed E-state index contributed by atoms with van der Waals surface area (Å²) in [6.07, 6.45) is 2.64. The molecule has 2 aromatic carbocycles. The lowest BCUT2D eigenvalue weighted by atomic mass is 10.1. The van der Waals surface area contributed by atoms with Crippen molar-refractivity contribution in [2.45, 2.75) is 19.4 Å². The Hall–Kier alpha value is -3.02. The molecule has 128 valence electrons. The van der Waals surface area contributed by atoms with Crippen LogP contribution in [0.3, 0.4) is 0 Å². The van der Waals surface area contributed by atoms with Crippen LogP contribution >= 0.6 is 0 Å². The molecule has 1 unspecified atom stereocenters. The van der Waals surface area contributed by atoms with E-state index in [1.54, 1.807) is 11.2 Å². The largest absolute Gasteiger partial charge is 0.494 e. The molecule has 1 aliphatic heterocycles. The molecule has 0 saturated carbocycles. The number of carbonyl (C=O) groups is 1. The van der Waals surface area contributed by atoms with Crippen molar-refractivity contribution in [3.8, 4) is 5.75 Å². The summed E-state index contributed by atoms with van der Waals surface area (Å²) in [5.74, 6) is 0.855. The second kappa shape index (κ2) is 6.47. The van der Waals surface area contributed by atoms with Crippen molar-refractivity contribution in [1.82, 2.24) is 15.3 Å². The van der Waals surface area contributed by atoms with Crippen molar-refractivity contribution in [3.05, 3.63) is 54.4 Å². The number of aromatic nitrogens is 2. The third-order valence-corrected chi connectivity index (χ3v) is 4.40. The van der Waals surface area contributed by atoms with E-state index in [0.29, 0.717) is 13.2 Å². The van der Waals surface area contributed by atoms with Crippen LogP contribution in [0.5, 0.6) is 5.75 Å². The van der Waals surface area contributed by atoms with Gasteiger partial charge in [-0.25, -0.2) is 9.78 Å². The molecule has 3 aromatic rings. The molecule has 25 heavy (non-hydrogen) atoms. The van der Waals surface area contributed by atoms with Gasteiger partial charge in [0.25, 0.3) is 0 Å². The molecule has 6 nitrogen and oxygen atoms in total. The van der Waals surface area contributed by atoms with E-state index in [1.807, 2.05) is 42.5 Å². The van der Waals surface area contributed by atoms with Gasteiger partial charge in [-0.2, -0.15) is 0 Å². The predicted octanol–water partition coefficient (Wildman–Crippen LogP) is 3.62. The fraction of sp³-hybridized carbons (Fsp3) is 0.263. The van der Waals surface area contributed by atoms with Crippen molar-refractivity contribution in [3.63, 3.8) is 0 Å². The van der Waals surface area contributed by atoms with Gasteiger partial charge in [0.1, 0.15) is 5.75 Å². The Morgan fingerprint density at radius 1 is 1.28 bits per heavy atom. The Balaban J connectivity index is 1.63. The molecular formula is C19H20N4O2. The third-order valence-electron chi connectivity index (χ3n) is 4.40. The molecule has 6 heteroatoms. The van der Waals surface area contributed by atoms with E-state index in [2.05, 4.69) is 22.2 Å². The number of benzene rings is 2. The number of carbonyl (C=O) groups excluding carboxylic acids is 1. The topological polar surface area (TPSA) is 70.2 Å². The SMILES string of the molecule is CCCOc1ccc(C2CNC(=O)N2c2ccc3n[14cH][nH]c3c2)cc1. The molecule has 1 fully saturated rings. The van der Waals surface area contributed by atoms with E-state index in [-0.39, 0.29) is 12.1 Å².